The molecule has 2 fully saturated rings. The Morgan fingerprint density at radius 2 is 2.10 bits per heavy atom. The van der Waals surface area contributed by atoms with Gasteiger partial charge in [0.1, 0.15) is 18.8 Å². The normalized spacial score (nSPS) is 37.8. The lowest BCUT2D eigenvalue weighted by molar-refractivity contribution is -0.148. The zero-order valence-corrected chi connectivity index (χ0v) is 17.7. The molecule has 3 rings (SSSR count). The molecule has 0 bridgehead atoms. The van der Waals surface area contributed by atoms with E-state index >= 15 is 0 Å². The van der Waals surface area contributed by atoms with Gasteiger partial charge in [-0.1, -0.05) is 12.7 Å². The number of epoxide rings is 1. The average molecular weight is 420 g/mol. The second kappa shape index (κ2) is 8.35. The maximum Gasteiger partial charge on any atom is 0.334 e. The van der Waals surface area contributed by atoms with Gasteiger partial charge in [-0.3, -0.25) is 4.79 Å². The number of rotatable bonds is 4. The van der Waals surface area contributed by atoms with Crippen LogP contribution in [-0.2, 0) is 33.3 Å². The van der Waals surface area contributed by atoms with Crippen LogP contribution in [0.4, 0.5) is 0 Å². The van der Waals surface area contributed by atoms with Crippen LogP contribution in [0.2, 0.25) is 0 Å². The van der Waals surface area contributed by atoms with E-state index in [2.05, 4.69) is 6.58 Å². The summed E-state index contributed by atoms with van der Waals surface area (Å²) in [5.41, 5.74) is 0.405. The van der Waals surface area contributed by atoms with Crippen molar-refractivity contribution in [1.82, 2.24) is 0 Å². The first kappa shape index (κ1) is 22.2. The number of ether oxygens (including phenoxy) is 4. The standard InChI is InChI=1S/C22H28O8/c1-6-11(2)20(25)29-17-9-22(5)18(30-22)8-15(24)14(10-27-13(4)23)7-16-19(17)12(3)21(26)28-16/h6-7,15-19,24H,3,8-10H2,1-2,4-5H3/b11-6+,14-7-/t15-,16-,17?,18+,19-,22-/m0/s1. The molecule has 8 heteroatoms. The first-order valence-electron chi connectivity index (χ1n) is 9.99. The summed E-state index contributed by atoms with van der Waals surface area (Å²) >= 11 is 0. The van der Waals surface area contributed by atoms with E-state index in [9.17, 15) is 19.5 Å². The predicted octanol–water partition coefficient (Wildman–Crippen LogP) is 1.76. The third kappa shape index (κ3) is 4.49. The molecular formula is C22H28O8. The van der Waals surface area contributed by atoms with Gasteiger partial charge < -0.3 is 24.1 Å². The van der Waals surface area contributed by atoms with E-state index in [-0.39, 0.29) is 24.7 Å². The minimum Gasteiger partial charge on any atom is -0.461 e. The number of carbonyl (C=O) groups excluding carboxylic acids is 3. The maximum atomic E-state index is 12.5. The first-order valence-corrected chi connectivity index (χ1v) is 9.99. The van der Waals surface area contributed by atoms with Crippen molar-refractivity contribution < 1.29 is 38.4 Å². The van der Waals surface area contributed by atoms with Crippen LogP contribution in [-0.4, -0.2) is 59.6 Å². The highest BCUT2D eigenvalue weighted by molar-refractivity contribution is 5.92. The molecular weight excluding hydrogens is 392 g/mol. The monoisotopic (exact) mass is 420 g/mol. The lowest BCUT2D eigenvalue weighted by Crippen LogP contribution is -2.38. The smallest absolute Gasteiger partial charge is 0.334 e. The minimum absolute atomic E-state index is 0.144. The van der Waals surface area contributed by atoms with E-state index in [0.717, 1.165) is 0 Å². The summed E-state index contributed by atoms with van der Waals surface area (Å²) in [7, 11) is 0. The molecule has 0 aromatic carbocycles. The lowest BCUT2D eigenvalue weighted by Gasteiger charge is -2.29. The van der Waals surface area contributed by atoms with E-state index in [1.54, 1.807) is 26.0 Å². The highest BCUT2D eigenvalue weighted by Crippen LogP contribution is 2.48. The molecule has 2 aliphatic heterocycles. The van der Waals surface area contributed by atoms with Crippen molar-refractivity contribution in [2.45, 2.75) is 70.6 Å². The van der Waals surface area contributed by atoms with Gasteiger partial charge in [-0.15, -0.1) is 0 Å². The van der Waals surface area contributed by atoms with E-state index < -0.39 is 47.7 Å². The van der Waals surface area contributed by atoms with Gasteiger partial charge in [0.2, 0.25) is 0 Å². The van der Waals surface area contributed by atoms with Crippen molar-refractivity contribution in [3.63, 3.8) is 0 Å². The fourth-order valence-corrected chi connectivity index (χ4v) is 3.94. The molecule has 8 nitrogen and oxygen atoms in total. The van der Waals surface area contributed by atoms with Crippen molar-refractivity contribution >= 4 is 17.9 Å². The molecule has 2 heterocycles. The van der Waals surface area contributed by atoms with Gasteiger partial charge in [0, 0.05) is 30.9 Å². The highest BCUT2D eigenvalue weighted by atomic mass is 16.6. The molecule has 3 aliphatic rings. The number of aliphatic hydroxyl groups is 1. The molecule has 0 saturated carbocycles. The van der Waals surface area contributed by atoms with Crippen LogP contribution in [0.15, 0.2) is 35.5 Å². The van der Waals surface area contributed by atoms with Gasteiger partial charge in [0.05, 0.1) is 23.7 Å². The molecule has 0 aromatic heterocycles. The second-order valence-corrected chi connectivity index (χ2v) is 8.23. The number of carbonyl (C=O) groups is 3. The maximum absolute atomic E-state index is 12.5. The third-order valence-electron chi connectivity index (χ3n) is 6.00. The van der Waals surface area contributed by atoms with Crippen molar-refractivity contribution in [3.8, 4) is 0 Å². The van der Waals surface area contributed by atoms with Crippen molar-refractivity contribution in [2.24, 2.45) is 5.92 Å². The molecule has 1 N–H and O–H groups in total. The van der Waals surface area contributed by atoms with Crippen LogP contribution in [0.1, 0.15) is 40.5 Å². The van der Waals surface area contributed by atoms with Gasteiger partial charge in [0.25, 0.3) is 0 Å². The number of esters is 3. The Kier molecular flexibility index (Phi) is 6.19. The Morgan fingerprint density at radius 1 is 1.40 bits per heavy atom. The zero-order chi connectivity index (χ0) is 22.2. The van der Waals surface area contributed by atoms with Crippen LogP contribution < -0.4 is 0 Å². The first-order chi connectivity index (χ1) is 14.1. The molecule has 0 spiro atoms. The summed E-state index contributed by atoms with van der Waals surface area (Å²) in [5.74, 6) is -2.23. The van der Waals surface area contributed by atoms with E-state index in [1.807, 2.05) is 6.92 Å². The fraction of sp³-hybridized carbons (Fsp3) is 0.591. The van der Waals surface area contributed by atoms with E-state index in [0.29, 0.717) is 17.6 Å². The predicted molar refractivity (Wildman–Crippen MR) is 105 cm³/mol. The Balaban J connectivity index is 1.99. The highest BCUT2D eigenvalue weighted by Gasteiger charge is 2.57. The largest absolute Gasteiger partial charge is 0.461 e. The fourth-order valence-electron chi connectivity index (χ4n) is 3.94. The quantitative estimate of drug-likeness (QED) is 0.241. The molecule has 0 radical (unpaired) electrons. The molecule has 6 atom stereocenters. The molecule has 2 saturated heterocycles. The Bertz CT molecular complexity index is 825. The minimum atomic E-state index is -0.936. The number of hydrogen-bond acceptors (Lipinski definition) is 8. The van der Waals surface area contributed by atoms with Gasteiger partial charge in [-0.2, -0.15) is 0 Å². The van der Waals surface area contributed by atoms with Crippen LogP contribution in [0, 0.1) is 5.92 Å². The number of fused-ring (bicyclic) bond motifs is 2. The van der Waals surface area contributed by atoms with E-state index in [1.165, 1.54) is 6.92 Å². The molecule has 1 unspecified atom stereocenters. The number of allylic oxidation sites excluding steroid dienone is 1. The molecule has 0 amide bonds. The zero-order valence-electron chi connectivity index (χ0n) is 17.7. The Morgan fingerprint density at radius 3 is 2.73 bits per heavy atom. The van der Waals surface area contributed by atoms with Gasteiger partial charge >= 0.3 is 17.9 Å². The summed E-state index contributed by atoms with van der Waals surface area (Å²) in [4.78, 5) is 36.1. The van der Waals surface area contributed by atoms with Gasteiger partial charge in [-0.25, -0.2) is 9.59 Å². The van der Waals surface area contributed by atoms with E-state index in [4.69, 9.17) is 18.9 Å². The van der Waals surface area contributed by atoms with Crippen LogP contribution in [0.3, 0.4) is 0 Å². The topological polar surface area (TPSA) is 112 Å². The third-order valence-corrected chi connectivity index (χ3v) is 6.00. The van der Waals surface area contributed by atoms with Gasteiger partial charge in [-0.05, 0) is 32.4 Å². The number of aliphatic hydroxyl groups excluding tert-OH is 1. The van der Waals surface area contributed by atoms with Crippen LogP contribution >= 0.6 is 0 Å². The molecule has 0 aromatic rings. The Hall–Kier alpha value is -2.45. The SMILES string of the molecule is C=C1C(=O)O[C@H]2/C=C(/COC(C)=O)[C@@H](O)C[C@H]3O[C@@]3(C)CC(OC(=O)/C(C)=C/C)[C@@H]12. The second-order valence-electron chi connectivity index (χ2n) is 8.23. The van der Waals surface area contributed by atoms with Crippen molar-refractivity contribution in [3.05, 3.63) is 35.5 Å². The van der Waals surface area contributed by atoms with Gasteiger partial charge in [0.15, 0.2) is 0 Å². The summed E-state index contributed by atoms with van der Waals surface area (Å²) < 4.78 is 22.1. The lowest BCUT2D eigenvalue weighted by atomic mass is 9.82. The summed E-state index contributed by atoms with van der Waals surface area (Å²) in [6.07, 6.45) is 1.11. The number of hydrogen-bond donors (Lipinski definition) is 1. The summed E-state index contributed by atoms with van der Waals surface area (Å²) in [5, 5.41) is 10.7. The molecule has 30 heavy (non-hydrogen) atoms. The Labute approximate surface area is 175 Å². The van der Waals surface area contributed by atoms with Crippen molar-refractivity contribution in [2.75, 3.05) is 6.61 Å². The molecule has 1 aliphatic carbocycles. The van der Waals surface area contributed by atoms with Crippen LogP contribution in [0.5, 0.6) is 0 Å². The molecule has 164 valence electrons. The summed E-state index contributed by atoms with van der Waals surface area (Å²) in [6.45, 7) is 10.2. The van der Waals surface area contributed by atoms with Crippen molar-refractivity contribution in [1.29, 1.82) is 0 Å². The summed E-state index contributed by atoms with van der Waals surface area (Å²) in [6, 6.07) is 0. The average Bonchev–Trinajstić information content (AvgIpc) is 3.20. The van der Waals surface area contributed by atoms with Crippen LogP contribution in [0.25, 0.3) is 0 Å².